The molecular formula is C16H21N3O4. The molecule has 1 saturated heterocycles. The van der Waals surface area contributed by atoms with Gasteiger partial charge < -0.3 is 24.6 Å². The summed E-state index contributed by atoms with van der Waals surface area (Å²) in [5, 5.41) is 2.91. The molecule has 124 valence electrons. The van der Waals surface area contributed by atoms with Crippen LogP contribution in [0.5, 0.6) is 11.5 Å². The van der Waals surface area contributed by atoms with E-state index < -0.39 is 0 Å². The van der Waals surface area contributed by atoms with Crippen LogP contribution in [0.1, 0.15) is 12.5 Å². The van der Waals surface area contributed by atoms with Gasteiger partial charge in [0.05, 0.1) is 0 Å². The second-order valence-corrected chi connectivity index (χ2v) is 5.63. The van der Waals surface area contributed by atoms with E-state index in [1.54, 1.807) is 16.7 Å². The molecule has 3 rings (SSSR count). The van der Waals surface area contributed by atoms with Gasteiger partial charge in [-0.25, -0.2) is 4.79 Å². The number of rotatable bonds is 2. The minimum atomic E-state index is -0.108. The van der Waals surface area contributed by atoms with Crippen molar-refractivity contribution in [2.75, 3.05) is 39.4 Å². The molecule has 0 aliphatic carbocycles. The maximum Gasteiger partial charge on any atom is 0.317 e. The fraction of sp³-hybridized carbons (Fsp3) is 0.500. The molecule has 0 saturated carbocycles. The van der Waals surface area contributed by atoms with Crippen LogP contribution in [0.25, 0.3) is 0 Å². The van der Waals surface area contributed by atoms with Crippen molar-refractivity contribution < 1.29 is 19.1 Å². The Hall–Kier alpha value is -2.44. The lowest BCUT2D eigenvalue weighted by atomic mass is 10.2. The Morgan fingerprint density at radius 3 is 2.39 bits per heavy atom. The number of benzene rings is 1. The highest BCUT2D eigenvalue weighted by atomic mass is 16.6. The smallest absolute Gasteiger partial charge is 0.317 e. The third-order valence-electron chi connectivity index (χ3n) is 4.06. The van der Waals surface area contributed by atoms with Crippen LogP contribution in [0.4, 0.5) is 4.79 Å². The highest BCUT2D eigenvalue weighted by molar-refractivity contribution is 5.76. The highest BCUT2D eigenvalue weighted by Crippen LogP contribution is 2.30. The summed E-state index contributed by atoms with van der Waals surface area (Å²) >= 11 is 0. The second kappa shape index (κ2) is 6.76. The molecule has 0 unspecified atom stereocenters. The summed E-state index contributed by atoms with van der Waals surface area (Å²) in [6.07, 6.45) is 0. The van der Waals surface area contributed by atoms with Crippen LogP contribution in [0, 0.1) is 0 Å². The van der Waals surface area contributed by atoms with Gasteiger partial charge in [-0.1, -0.05) is 6.07 Å². The van der Waals surface area contributed by atoms with E-state index in [9.17, 15) is 9.59 Å². The third-order valence-corrected chi connectivity index (χ3v) is 4.06. The first kappa shape index (κ1) is 15.5. The fourth-order valence-electron chi connectivity index (χ4n) is 2.71. The Labute approximate surface area is 135 Å². The molecular weight excluding hydrogens is 298 g/mol. The molecule has 2 heterocycles. The summed E-state index contributed by atoms with van der Waals surface area (Å²) in [4.78, 5) is 27.0. The average Bonchev–Trinajstić information content (AvgIpc) is 2.59. The van der Waals surface area contributed by atoms with Crippen LogP contribution in [0.3, 0.4) is 0 Å². The van der Waals surface area contributed by atoms with Crippen LogP contribution >= 0.6 is 0 Å². The van der Waals surface area contributed by atoms with Gasteiger partial charge in [-0.3, -0.25) is 4.79 Å². The number of urea groups is 1. The molecule has 1 fully saturated rings. The van der Waals surface area contributed by atoms with Gasteiger partial charge in [-0.05, 0) is 17.7 Å². The van der Waals surface area contributed by atoms with E-state index in [0.717, 1.165) is 17.1 Å². The molecule has 1 N–H and O–H groups in total. The van der Waals surface area contributed by atoms with E-state index >= 15 is 0 Å². The number of nitrogens with zero attached hydrogens (tertiary/aromatic N) is 2. The molecule has 2 aliphatic rings. The van der Waals surface area contributed by atoms with Crippen LogP contribution in [-0.2, 0) is 11.3 Å². The van der Waals surface area contributed by atoms with Crippen molar-refractivity contribution in [1.29, 1.82) is 0 Å². The van der Waals surface area contributed by atoms with Crippen molar-refractivity contribution in [3.8, 4) is 11.5 Å². The Kier molecular flexibility index (Phi) is 4.55. The highest BCUT2D eigenvalue weighted by Gasteiger charge is 2.22. The van der Waals surface area contributed by atoms with Gasteiger partial charge in [0.25, 0.3) is 0 Å². The van der Waals surface area contributed by atoms with Crippen molar-refractivity contribution in [1.82, 2.24) is 15.1 Å². The topological polar surface area (TPSA) is 71.1 Å². The summed E-state index contributed by atoms with van der Waals surface area (Å²) < 4.78 is 11.0. The Morgan fingerprint density at radius 2 is 1.70 bits per heavy atom. The monoisotopic (exact) mass is 319 g/mol. The summed E-state index contributed by atoms with van der Waals surface area (Å²) in [5.74, 6) is 1.52. The van der Waals surface area contributed by atoms with Crippen molar-refractivity contribution in [2.45, 2.75) is 13.5 Å². The van der Waals surface area contributed by atoms with Crippen molar-refractivity contribution in [3.63, 3.8) is 0 Å². The number of carbonyl (C=O) groups is 2. The molecule has 0 spiro atoms. The Bertz CT molecular complexity index is 597. The maximum absolute atomic E-state index is 12.2. The molecule has 0 radical (unpaired) electrons. The molecule has 7 nitrogen and oxygen atoms in total. The lowest BCUT2D eigenvalue weighted by Gasteiger charge is -2.34. The second-order valence-electron chi connectivity index (χ2n) is 5.63. The zero-order chi connectivity index (χ0) is 16.2. The number of nitrogens with one attached hydrogen (secondary N) is 1. The summed E-state index contributed by atoms with van der Waals surface area (Å²) in [6, 6.07) is 5.56. The van der Waals surface area contributed by atoms with Gasteiger partial charge in [0.2, 0.25) is 5.91 Å². The normalized spacial score (nSPS) is 16.9. The minimum Gasteiger partial charge on any atom is -0.486 e. The first-order valence-electron chi connectivity index (χ1n) is 7.80. The van der Waals surface area contributed by atoms with Crippen molar-refractivity contribution in [2.24, 2.45) is 0 Å². The molecule has 0 bridgehead atoms. The molecule has 0 atom stereocenters. The molecule has 2 aliphatic heterocycles. The number of amides is 3. The number of carbonyl (C=O) groups excluding carboxylic acids is 2. The average molecular weight is 319 g/mol. The van der Waals surface area contributed by atoms with Crippen LogP contribution in [0.2, 0.25) is 0 Å². The van der Waals surface area contributed by atoms with E-state index in [4.69, 9.17) is 9.47 Å². The van der Waals surface area contributed by atoms with Crippen molar-refractivity contribution >= 4 is 11.9 Å². The van der Waals surface area contributed by atoms with E-state index in [1.165, 1.54) is 0 Å². The quantitative estimate of drug-likeness (QED) is 0.876. The van der Waals surface area contributed by atoms with Crippen LogP contribution in [0.15, 0.2) is 18.2 Å². The zero-order valence-electron chi connectivity index (χ0n) is 13.2. The van der Waals surface area contributed by atoms with Crippen LogP contribution < -0.4 is 14.8 Å². The first-order valence-corrected chi connectivity index (χ1v) is 7.80. The van der Waals surface area contributed by atoms with Crippen LogP contribution in [-0.4, -0.2) is 61.1 Å². The van der Waals surface area contributed by atoms with Gasteiger partial charge in [0.1, 0.15) is 13.2 Å². The third kappa shape index (κ3) is 3.67. The van der Waals surface area contributed by atoms with E-state index in [-0.39, 0.29) is 11.9 Å². The van der Waals surface area contributed by atoms with Crippen molar-refractivity contribution in [3.05, 3.63) is 23.8 Å². The number of ether oxygens (including phenoxy) is 2. The lowest BCUT2D eigenvalue weighted by molar-refractivity contribution is -0.130. The molecule has 23 heavy (non-hydrogen) atoms. The number of hydrogen-bond donors (Lipinski definition) is 1. The summed E-state index contributed by atoms with van der Waals surface area (Å²) in [7, 11) is 0. The van der Waals surface area contributed by atoms with Gasteiger partial charge in [0.15, 0.2) is 11.5 Å². The number of hydrogen-bond acceptors (Lipinski definition) is 4. The largest absolute Gasteiger partial charge is 0.486 e. The minimum absolute atomic E-state index is 0.0568. The Morgan fingerprint density at radius 1 is 1.04 bits per heavy atom. The van der Waals surface area contributed by atoms with E-state index in [0.29, 0.717) is 45.9 Å². The zero-order valence-corrected chi connectivity index (χ0v) is 13.2. The van der Waals surface area contributed by atoms with Gasteiger partial charge in [-0.2, -0.15) is 0 Å². The standard InChI is InChI=1S/C16H21N3O4/c1-12(20)18-4-6-19(7-5-18)16(21)17-11-13-2-3-14-15(10-13)23-9-8-22-14/h2-3,10H,4-9,11H2,1H3,(H,17,21). The summed E-state index contributed by atoms with van der Waals surface area (Å²) in [6.45, 7) is 5.40. The first-order chi connectivity index (χ1) is 11.1. The SMILES string of the molecule is CC(=O)N1CCN(C(=O)NCc2ccc3c(c2)OCCO3)CC1. The molecule has 1 aromatic carbocycles. The number of piperazine rings is 1. The molecule has 0 aromatic heterocycles. The van der Waals surface area contributed by atoms with Gasteiger partial charge in [0, 0.05) is 39.6 Å². The van der Waals surface area contributed by atoms with Gasteiger partial charge >= 0.3 is 6.03 Å². The number of fused-ring (bicyclic) bond motifs is 1. The predicted octanol–water partition coefficient (Wildman–Crippen LogP) is 0.831. The molecule has 3 amide bonds. The molecule has 7 heteroatoms. The predicted molar refractivity (Wildman–Crippen MR) is 83.5 cm³/mol. The summed E-state index contributed by atoms with van der Waals surface area (Å²) in [5.41, 5.74) is 0.963. The van der Waals surface area contributed by atoms with E-state index in [1.807, 2.05) is 18.2 Å². The molecule has 1 aromatic rings. The van der Waals surface area contributed by atoms with Gasteiger partial charge in [-0.15, -0.1) is 0 Å². The van der Waals surface area contributed by atoms with E-state index in [2.05, 4.69) is 5.32 Å². The Balaban J connectivity index is 1.50. The maximum atomic E-state index is 12.2. The fourth-order valence-corrected chi connectivity index (χ4v) is 2.71. The lowest BCUT2D eigenvalue weighted by Crippen LogP contribution is -2.52.